The number of hydrogen-bond acceptors (Lipinski definition) is 3. The molecule has 4 nitrogen and oxygen atoms in total. The number of nitrogens with zero attached hydrogens (tertiary/aromatic N) is 1. The fraction of sp³-hybridized carbons (Fsp3) is 0.400. The van der Waals surface area contributed by atoms with E-state index in [1.54, 1.807) is 0 Å². The first-order chi connectivity index (χ1) is 7.63. The average Bonchev–Trinajstić information content (AvgIpc) is 2.16. The molecule has 1 aromatic rings. The Labute approximate surface area is 96.0 Å². The number of halogens is 3. The molecule has 3 N–H and O–H groups in total. The second-order valence-corrected chi connectivity index (χ2v) is 4.04. The summed E-state index contributed by atoms with van der Waals surface area (Å²) in [6.45, 7) is 3.02. The molecular weight excluding hydrogens is 235 g/mol. The zero-order valence-corrected chi connectivity index (χ0v) is 9.30. The number of nitrogens with two attached hydrogens (primary N) is 1. The van der Waals surface area contributed by atoms with Crippen molar-refractivity contribution in [2.45, 2.75) is 25.6 Å². The predicted molar refractivity (Wildman–Crippen MR) is 56.1 cm³/mol. The van der Waals surface area contributed by atoms with E-state index in [1.807, 2.05) is 0 Å². The van der Waals surface area contributed by atoms with Gasteiger partial charge in [-0.15, -0.1) is 0 Å². The van der Waals surface area contributed by atoms with Crippen molar-refractivity contribution in [3.05, 3.63) is 23.9 Å². The van der Waals surface area contributed by atoms with Gasteiger partial charge < -0.3 is 11.1 Å². The van der Waals surface area contributed by atoms with Crippen LogP contribution >= 0.6 is 0 Å². The van der Waals surface area contributed by atoms with Crippen molar-refractivity contribution in [3.63, 3.8) is 0 Å². The molecule has 0 bridgehead atoms. The van der Waals surface area contributed by atoms with Crippen molar-refractivity contribution in [1.29, 1.82) is 0 Å². The molecular formula is C10H12F3N3O. The van der Waals surface area contributed by atoms with Crippen LogP contribution < -0.4 is 11.1 Å². The van der Waals surface area contributed by atoms with Crippen LogP contribution in [0.4, 0.5) is 19.0 Å². The topological polar surface area (TPSA) is 68.0 Å². The Hall–Kier alpha value is -1.79. The van der Waals surface area contributed by atoms with Gasteiger partial charge in [-0.05, 0) is 26.0 Å². The van der Waals surface area contributed by atoms with Crippen LogP contribution in [0.2, 0.25) is 0 Å². The monoisotopic (exact) mass is 247 g/mol. The van der Waals surface area contributed by atoms with Crippen LogP contribution in [0.5, 0.6) is 0 Å². The number of pyridine rings is 1. The van der Waals surface area contributed by atoms with Crippen LogP contribution in [-0.2, 0) is 11.0 Å². The van der Waals surface area contributed by atoms with Gasteiger partial charge in [0.1, 0.15) is 11.4 Å². The zero-order chi connectivity index (χ0) is 13.3. The Kier molecular flexibility index (Phi) is 3.30. The Bertz CT molecular complexity index is 412. The molecule has 1 rings (SSSR count). The number of hydrogen-bond donors (Lipinski definition) is 2. The number of carbonyl (C=O) groups excluding carboxylic acids is 1. The summed E-state index contributed by atoms with van der Waals surface area (Å²) in [6, 6.07) is 2.03. The third-order valence-electron chi connectivity index (χ3n) is 2.15. The molecule has 0 spiro atoms. The van der Waals surface area contributed by atoms with Gasteiger partial charge in [-0.2, -0.15) is 13.2 Å². The lowest BCUT2D eigenvalue weighted by Crippen LogP contribution is -2.45. The van der Waals surface area contributed by atoms with E-state index in [-0.39, 0.29) is 5.82 Å². The first-order valence-corrected chi connectivity index (χ1v) is 4.74. The first kappa shape index (κ1) is 13.3. The van der Waals surface area contributed by atoms with E-state index in [1.165, 1.54) is 13.8 Å². The van der Waals surface area contributed by atoms with Crippen molar-refractivity contribution >= 4 is 11.7 Å². The Morgan fingerprint density at radius 1 is 1.35 bits per heavy atom. The van der Waals surface area contributed by atoms with Gasteiger partial charge in [-0.3, -0.25) is 4.79 Å². The Balaban J connectivity index is 2.86. The summed E-state index contributed by atoms with van der Waals surface area (Å²) in [7, 11) is 0. The summed E-state index contributed by atoms with van der Waals surface area (Å²) >= 11 is 0. The second kappa shape index (κ2) is 4.23. The van der Waals surface area contributed by atoms with Gasteiger partial charge in [-0.25, -0.2) is 4.98 Å². The van der Waals surface area contributed by atoms with Gasteiger partial charge in [0.25, 0.3) is 0 Å². The SMILES string of the molecule is CC(C)(Nc1ccc(C(F)(F)F)cn1)C(N)=O. The lowest BCUT2D eigenvalue weighted by atomic mass is 10.1. The minimum atomic E-state index is -4.43. The lowest BCUT2D eigenvalue weighted by Gasteiger charge is -2.22. The largest absolute Gasteiger partial charge is 0.417 e. The van der Waals surface area contributed by atoms with Gasteiger partial charge in [0.2, 0.25) is 5.91 Å². The number of alkyl halides is 3. The molecule has 1 amide bonds. The number of aromatic nitrogens is 1. The molecule has 1 aromatic heterocycles. The molecule has 0 saturated heterocycles. The maximum Gasteiger partial charge on any atom is 0.417 e. The quantitative estimate of drug-likeness (QED) is 0.855. The number of anilines is 1. The molecule has 17 heavy (non-hydrogen) atoms. The molecule has 0 aliphatic rings. The van der Waals surface area contributed by atoms with Crippen molar-refractivity contribution in [2.75, 3.05) is 5.32 Å². The molecule has 0 aliphatic carbocycles. The highest BCUT2D eigenvalue weighted by atomic mass is 19.4. The van der Waals surface area contributed by atoms with Gasteiger partial charge in [-0.1, -0.05) is 0 Å². The van der Waals surface area contributed by atoms with E-state index in [9.17, 15) is 18.0 Å². The van der Waals surface area contributed by atoms with E-state index in [0.717, 1.165) is 12.1 Å². The van der Waals surface area contributed by atoms with Crippen molar-refractivity contribution in [3.8, 4) is 0 Å². The summed E-state index contributed by atoms with van der Waals surface area (Å²) in [5, 5.41) is 2.64. The van der Waals surface area contributed by atoms with Crippen LogP contribution in [0.15, 0.2) is 18.3 Å². The number of amides is 1. The summed E-state index contributed by atoms with van der Waals surface area (Å²) in [5.74, 6) is -0.471. The van der Waals surface area contributed by atoms with Crippen LogP contribution in [-0.4, -0.2) is 16.4 Å². The molecule has 0 radical (unpaired) electrons. The molecule has 0 aromatic carbocycles. The molecule has 0 atom stereocenters. The van der Waals surface area contributed by atoms with Crippen LogP contribution in [0, 0.1) is 0 Å². The van der Waals surface area contributed by atoms with Gasteiger partial charge >= 0.3 is 6.18 Å². The van der Waals surface area contributed by atoms with Crippen molar-refractivity contribution in [2.24, 2.45) is 5.73 Å². The number of nitrogens with one attached hydrogen (secondary N) is 1. The van der Waals surface area contributed by atoms with Gasteiger partial charge in [0.15, 0.2) is 0 Å². The highest BCUT2D eigenvalue weighted by Gasteiger charge is 2.31. The minimum absolute atomic E-state index is 0.154. The minimum Gasteiger partial charge on any atom is -0.368 e. The highest BCUT2D eigenvalue weighted by Crippen LogP contribution is 2.29. The lowest BCUT2D eigenvalue weighted by molar-refractivity contribution is -0.137. The normalized spacial score (nSPS) is 12.3. The number of rotatable bonds is 3. The molecule has 0 aliphatic heterocycles. The van der Waals surface area contributed by atoms with E-state index < -0.39 is 23.2 Å². The molecule has 0 unspecified atom stereocenters. The number of primary amides is 1. The van der Waals surface area contributed by atoms with Crippen LogP contribution in [0.3, 0.4) is 0 Å². The molecule has 94 valence electrons. The molecule has 0 saturated carbocycles. The third kappa shape index (κ3) is 3.33. The fourth-order valence-corrected chi connectivity index (χ4v) is 1.02. The van der Waals surface area contributed by atoms with E-state index in [4.69, 9.17) is 5.73 Å². The fourth-order valence-electron chi connectivity index (χ4n) is 1.02. The summed E-state index contributed by atoms with van der Waals surface area (Å²) < 4.78 is 36.8. The van der Waals surface area contributed by atoms with Crippen LogP contribution in [0.25, 0.3) is 0 Å². The highest BCUT2D eigenvalue weighted by molar-refractivity contribution is 5.86. The third-order valence-corrected chi connectivity index (χ3v) is 2.15. The van der Waals surface area contributed by atoms with Crippen LogP contribution in [0.1, 0.15) is 19.4 Å². The molecule has 0 fully saturated rings. The maximum absolute atomic E-state index is 12.3. The summed E-state index contributed by atoms with van der Waals surface area (Å²) in [4.78, 5) is 14.6. The Morgan fingerprint density at radius 3 is 2.29 bits per heavy atom. The Morgan fingerprint density at radius 2 is 1.94 bits per heavy atom. The van der Waals surface area contributed by atoms with E-state index in [0.29, 0.717) is 6.20 Å². The molecule has 1 heterocycles. The van der Waals surface area contributed by atoms with E-state index >= 15 is 0 Å². The van der Waals surface area contributed by atoms with Gasteiger partial charge in [0.05, 0.1) is 5.56 Å². The number of carbonyl (C=O) groups is 1. The average molecular weight is 247 g/mol. The van der Waals surface area contributed by atoms with E-state index in [2.05, 4.69) is 10.3 Å². The van der Waals surface area contributed by atoms with Gasteiger partial charge in [0, 0.05) is 6.20 Å². The van der Waals surface area contributed by atoms with Crippen molar-refractivity contribution in [1.82, 2.24) is 4.98 Å². The maximum atomic E-state index is 12.3. The first-order valence-electron chi connectivity index (χ1n) is 4.74. The smallest absolute Gasteiger partial charge is 0.368 e. The second-order valence-electron chi connectivity index (χ2n) is 4.04. The molecule has 7 heteroatoms. The summed E-state index contributed by atoms with van der Waals surface area (Å²) in [6.07, 6.45) is -3.73. The standard InChI is InChI=1S/C10H12F3N3O/c1-9(2,8(14)17)16-7-4-3-6(5-15-7)10(11,12)13/h3-5H,1-2H3,(H2,14,17)(H,15,16). The summed E-state index contributed by atoms with van der Waals surface area (Å²) in [5.41, 5.74) is 3.18. The predicted octanol–water partition coefficient (Wildman–Crippen LogP) is 1.78. The zero-order valence-electron chi connectivity index (χ0n) is 9.30. The van der Waals surface area contributed by atoms with Crippen molar-refractivity contribution < 1.29 is 18.0 Å².